The van der Waals surface area contributed by atoms with Gasteiger partial charge in [-0.3, -0.25) is 9.59 Å². The molecule has 3 rings (SSSR count). The Labute approximate surface area is 155 Å². The molecule has 2 saturated heterocycles. The predicted octanol–water partition coefficient (Wildman–Crippen LogP) is 2.00. The van der Waals surface area contributed by atoms with Gasteiger partial charge in [0, 0.05) is 39.2 Å². The fourth-order valence-corrected chi connectivity index (χ4v) is 3.43. The van der Waals surface area contributed by atoms with Crippen LogP contribution in [0.4, 0.5) is 0 Å². The minimum absolute atomic E-state index is 0.0845. The number of carbonyl (C=O) groups excluding carboxylic acids is 2. The first-order valence-electron chi connectivity index (χ1n) is 9.52. The number of hydrogen-bond donors (Lipinski definition) is 0. The number of hydrogen-bond acceptors (Lipinski definition) is 4. The molecule has 1 aromatic rings. The van der Waals surface area contributed by atoms with E-state index in [-0.39, 0.29) is 17.9 Å². The van der Waals surface area contributed by atoms with Gasteiger partial charge in [0.1, 0.15) is 11.9 Å². The van der Waals surface area contributed by atoms with Crippen molar-refractivity contribution in [1.29, 1.82) is 0 Å². The van der Waals surface area contributed by atoms with Crippen LogP contribution in [-0.4, -0.2) is 67.1 Å². The van der Waals surface area contributed by atoms with Crippen molar-refractivity contribution < 1.29 is 19.1 Å². The first-order chi connectivity index (χ1) is 12.6. The Bertz CT molecular complexity index is 620. The summed E-state index contributed by atoms with van der Waals surface area (Å²) in [7, 11) is 0. The monoisotopic (exact) mass is 360 g/mol. The van der Waals surface area contributed by atoms with Gasteiger partial charge >= 0.3 is 0 Å². The second-order valence-electron chi connectivity index (χ2n) is 6.93. The largest absolute Gasteiger partial charge is 0.493 e. The molecule has 2 heterocycles. The molecule has 0 saturated carbocycles. The van der Waals surface area contributed by atoms with Crippen molar-refractivity contribution in [2.45, 2.75) is 38.7 Å². The Hall–Kier alpha value is -2.08. The molecule has 0 radical (unpaired) electrons. The lowest BCUT2D eigenvalue weighted by Gasteiger charge is -2.35. The van der Waals surface area contributed by atoms with Crippen molar-refractivity contribution >= 4 is 11.8 Å². The second-order valence-corrected chi connectivity index (χ2v) is 6.93. The normalized spacial score (nSPS) is 20.3. The Morgan fingerprint density at radius 1 is 1.15 bits per heavy atom. The Balaban J connectivity index is 1.34. The lowest BCUT2D eigenvalue weighted by atomic mass is 10.2. The summed E-state index contributed by atoms with van der Waals surface area (Å²) in [5.74, 6) is 1.10. The molecule has 0 bridgehead atoms. The van der Waals surface area contributed by atoms with Crippen molar-refractivity contribution in [3.63, 3.8) is 0 Å². The fraction of sp³-hybridized carbons (Fsp3) is 0.600. The minimum Gasteiger partial charge on any atom is -0.493 e. The third kappa shape index (κ3) is 4.75. The highest BCUT2D eigenvalue weighted by Gasteiger charge is 2.31. The molecule has 26 heavy (non-hydrogen) atoms. The third-order valence-electron chi connectivity index (χ3n) is 5.04. The molecule has 142 valence electrons. The molecule has 2 aliphatic rings. The number of aryl methyl sites for hydroxylation is 1. The first kappa shape index (κ1) is 18.7. The molecule has 0 spiro atoms. The van der Waals surface area contributed by atoms with Crippen LogP contribution in [0.2, 0.25) is 0 Å². The second kappa shape index (κ2) is 9.03. The maximum atomic E-state index is 12.4. The summed E-state index contributed by atoms with van der Waals surface area (Å²) in [6, 6.07) is 7.89. The van der Waals surface area contributed by atoms with Gasteiger partial charge in [-0.2, -0.15) is 0 Å². The lowest BCUT2D eigenvalue weighted by Crippen LogP contribution is -2.52. The zero-order chi connectivity index (χ0) is 18.4. The molecule has 2 aliphatic heterocycles. The quantitative estimate of drug-likeness (QED) is 0.728. The number of benzene rings is 1. The van der Waals surface area contributed by atoms with Gasteiger partial charge in [-0.15, -0.1) is 0 Å². The summed E-state index contributed by atoms with van der Waals surface area (Å²) in [5.41, 5.74) is 1.10. The zero-order valence-corrected chi connectivity index (χ0v) is 15.5. The van der Waals surface area contributed by atoms with Gasteiger partial charge in [-0.1, -0.05) is 18.2 Å². The maximum Gasteiger partial charge on any atom is 0.251 e. The average Bonchev–Trinajstić information content (AvgIpc) is 3.20. The number of piperazine rings is 1. The number of amides is 2. The van der Waals surface area contributed by atoms with Crippen LogP contribution in [0, 0.1) is 6.92 Å². The fourth-order valence-electron chi connectivity index (χ4n) is 3.43. The standard InChI is InChI=1S/C20H28N2O4/c1-16-6-2-3-7-17(16)25-15-5-9-19(23)21-10-12-22(13-11-21)20(24)18-8-4-14-26-18/h2-3,6-7,18H,4-5,8-15H2,1H3. The van der Waals surface area contributed by atoms with Gasteiger partial charge in [-0.05, 0) is 37.8 Å². The third-order valence-corrected chi connectivity index (χ3v) is 5.04. The average molecular weight is 360 g/mol. The summed E-state index contributed by atoms with van der Waals surface area (Å²) < 4.78 is 11.2. The maximum absolute atomic E-state index is 12.4. The minimum atomic E-state index is -0.268. The van der Waals surface area contributed by atoms with E-state index in [2.05, 4.69) is 0 Å². The van der Waals surface area contributed by atoms with Crippen molar-refractivity contribution in [3.8, 4) is 5.75 Å². The van der Waals surface area contributed by atoms with E-state index in [1.54, 1.807) is 0 Å². The summed E-state index contributed by atoms with van der Waals surface area (Å²) >= 11 is 0. The van der Waals surface area contributed by atoms with Crippen molar-refractivity contribution in [2.75, 3.05) is 39.4 Å². The molecule has 1 atom stereocenters. The van der Waals surface area contributed by atoms with Crippen LogP contribution in [0.5, 0.6) is 5.75 Å². The molecular weight excluding hydrogens is 332 g/mol. The topological polar surface area (TPSA) is 59.1 Å². The number of nitrogens with zero attached hydrogens (tertiary/aromatic N) is 2. The van der Waals surface area contributed by atoms with Crippen molar-refractivity contribution in [2.24, 2.45) is 0 Å². The van der Waals surface area contributed by atoms with Gasteiger partial charge in [0.25, 0.3) is 5.91 Å². The molecule has 6 heteroatoms. The van der Waals surface area contributed by atoms with Crippen molar-refractivity contribution in [1.82, 2.24) is 9.80 Å². The molecule has 6 nitrogen and oxygen atoms in total. The molecule has 2 fully saturated rings. The number of carbonyl (C=O) groups is 2. The highest BCUT2D eigenvalue weighted by molar-refractivity contribution is 5.82. The van der Waals surface area contributed by atoms with Gasteiger partial charge in [0.05, 0.1) is 6.61 Å². The Morgan fingerprint density at radius 2 is 1.88 bits per heavy atom. The molecule has 0 aliphatic carbocycles. The van der Waals surface area contributed by atoms with E-state index in [4.69, 9.17) is 9.47 Å². The van der Waals surface area contributed by atoms with E-state index < -0.39 is 0 Å². The summed E-state index contributed by atoms with van der Waals surface area (Å²) in [6.45, 7) is 5.64. The molecule has 1 unspecified atom stereocenters. The zero-order valence-electron chi connectivity index (χ0n) is 15.5. The Kier molecular flexibility index (Phi) is 6.50. The van der Waals surface area contributed by atoms with E-state index in [1.807, 2.05) is 41.0 Å². The van der Waals surface area contributed by atoms with E-state index >= 15 is 0 Å². The van der Waals surface area contributed by atoms with Gasteiger partial charge in [-0.25, -0.2) is 0 Å². The molecule has 0 aromatic heterocycles. The van der Waals surface area contributed by atoms with Gasteiger partial charge in [0.2, 0.25) is 5.91 Å². The summed E-state index contributed by atoms with van der Waals surface area (Å²) in [6.07, 6.45) is 2.68. The lowest BCUT2D eigenvalue weighted by molar-refractivity contribution is -0.146. The van der Waals surface area contributed by atoms with Crippen LogP contribution in [0.15, 0.2) is 24.3 Å². The van der Waals surface area contributed by atoms with Gasteiger partial charge in [0.15, 0.2) is 0 Å². The molecule has 0 N–H and O–H groups in total. The number of rotatable bonds is 6. The van der Waals surface area contributed by atoms with Crippen LogP contribution in [0.25, 0.3) is 0 Å². The van der Waals surface area contributed by atoms with Crippen LogP contribution in [0.1, 0.15) is 31.2 Å². The summed E-state index contributed by atoms with van der Waals surface area (Å²) in [4.78, 5) is 28.4. The smallest absolute Gasteiger partial charge is 0.251 e. The number of para-hydroxylation sites is 1. The predicted molar refractivity (Wildman–Crippen MR) is 98.0 cm³/mol. The van der Waals surface area contributed by atoms with Crippen LogP contribution in [-0.2, 0) is 14.3 Å². The molecular formula is C20H28N2O4. The molecule has 2 amide bonds. The summed E-state index contributed by atoms with van der Waals surface area (Å²) in [5, 5.41) is 0. The van der Waals surface area contributed by atoms with Crippen LogP contribution >= 0.6 is 0 Å². The van der Waals surface area contributed by atoms with Crippen molar-refractivity contribution in [3.05, 3.63) is 29.8 Å². The SMILES string of the molecule is Cc1ccccc1OCCCC(=O)N1CCN(C(=O)C2CCCO2)CC1. The highest BCUT2D eigenvalue weighted by atomic mass is 16.5. The van der Waals surface area contributed by atoms with Crippen LogP contribution < -0.4 is 4.74 Å². The van der Waals surface area contributed by atoms with E-state index in [9.17, 15) is 9.59 Å². The number of ether oxygens (including phenoxy) is 2. The highest BCUT2D eigenvalue weighted by Crippen LogP contribution is 2.18. The van der Waals surface area contributed by atoms with Gasteiger partial charge < -0.3 is 19.3 Å². The van der Waals surface area contributed by atoms with Crippen LogP contribution in [0.3, 0.4) is 0 Å². The molecule has 1 aromatic carbocycles. The van der Waals surface area contributed by atoms with E-state index in [0.717, 1.165) is 24.2 Å². The first-order valence-corrected chi connectivity index (χ1v) is 9.52. The van der Waals surface area contributed by atoms with E-state index in [1.165, 1.54) is 0 Å². The Morgan fingerprint density at radius 3 is 2.58 bits per heavy atom. The van der Waals surface area contributed by atoms with E-state index in [0.29, 0.717) is 52.2 Å².